The van der Waals surface area contributed by atoms with Gasteiger partial charge in [-0.1, -0.05) is 0 Å². The minimum atomic E-state index is -0.413. The Kier molecular flexibility index (Phi) is 8.31. The molecule has 1 radical (unpaired) electrons. The van der Waals surface area contributed by atoms with E-state index in [0.29, 0.717) is 0 Å². The Morgan fingerprint density at radius 2 is 0.500 bits per heavy atom. The lowest BCUT2D eigenvalue weighted by Gasteiger charge is -2.72. The highest BCUT2D eigenvalue weighted by Crippen LogP contribution is 2.50. The van der Waals surface area contributed by atoms with Crippen LogP contribution in [-0.4, -0.2) is 53.7 Å². The molecule has 0 unspecified atom stereocenters. The molecule has 0 fully saturated rings. The van der Waals surface area contributed by atoms with E-state index in [0.717, 1.165) is 6.42 Å². The highest BCUT2D eigenvalue weighted by Gasteiger charge is 2.62. The van der Waals surface area contributed by atoms with Gasteiger partial charge in [-0.25, -0.2) is 0 Å². The van der Waals surface area contributed by atoms with Gasteiger partial charge in [0.05, 0.1) is 0 Å². The lowest BCUT2D eigenvalue weighted by Crippen LogP contribution is -2.85. The first-order chi connectivity index (χ1) is 12.7. The summed E-state index contributed by atoms with van der Waals surface area (Å²) >= 11 is 0. The first-order valence-corrected chi connectivity index (χ1v) is 11.9. The van der Waals surface area contributed by atoms with Crippen LogP contribution >= 0.6 is 0 Å². The van der Waals surface area contributed by atoms with Gasteiger partial charge < -0.3 is 0 Å². The Labute approximate surface area is 192 Å². The van der Waals surface area contributed by atoms with Gasteiger partial charge in [-0.15, -0.1) is 0 Å². The second-order valence-electron chi connectivity index (χ2n) is 15.1. The first kappa shape index (κ1) is 29.9. The third kappa shape index (κ3) is 6.23. The van der Waals surface area contributed by atoms with Crippen molar-refractivity contribution in [1.29, 1.82) is 0 Å². The van der Waals surface area contributed by atoms with Gasteiger partial charge >= 0.3 is 0 Å². The molecule has 0 heterocycles. The normalized spacial score (nSPS) is 16.2. The summed E-state index contributed by atoms with van der Waals surface area (Å²) in [7, 11) is 0. The van der Waals surface area contributed by atoms with Crippen LogP contribution in [0.5, 0.6) is 0 Å². The third-order valence-electron chi connectivity index (χ3n) is 5.43. The molecule has 0 rings (SSSR count). The zero-order valence-corrected chi connectivity index (χ0v) is 24.3. The fraction of sp³-hybridized carbons (Fsp3) is 0.963. The molecule has 0 atom stereocenters. The Morgan fingerprint density at radius 3 is 0.567 bits per heavy atom. The quantitative estimate of drug-likeness (QED) is 0.431. The van der Waals surface area contributed by atoms with Crippen molar-refractivity contribution in [3.05, 3.63) is 6.92 Å². The van der Waals surface area contributed by atoms with E-state index in [-0.39, 0.29) is 33.2 Å². The van der Waals surface area contributed by atoms with Crippen LogP contribution in [-0.2, 0) is 0 Å². The van der Waals surface area contributed by atoms with Gasteiger partial charge in [-0.05, 0) is 138 Å². The third-order valence-corrected chi connectivity index (χ3v) is 5.43. The lowest BCUT2D eigenvalue weighted by atomic mass is 9.81. The van der Waals surface area contributed by atoms with E-state index in [9.17, 15) is 0 Å². The zero-order chi connectivity index (χ0) is 24.9. The van der Waals surface area contributed by atoms with Crippen molar-refractivity contribution in [2.24, 2.45) is 0 Å². The molecule has 0 aromatic carbocycles. The van der Waals surface area contributed by atoms with Gasteiger partial charge in [0.25, 0.3) is 0 Å². The molecule has 0 saturated heterocycles. The SMILES string of the molecule is [CH2]CC(N(C(C)(C)C)C(C)(C)C)(N(C(C)(C)C)C(C)(C)C)N(C(C)(C)C)C(C)(C)C. The van der Waals surface area contributed by atoms with Crippen LogP contribution in [0, 0.1) is 6.92 Å². The number of nitrogens with zero attached hydrogens (tertiary/aromatic N) is 3. The minimum absolute atomic E-state index is 0.0700. The summed E-state index contributed by atoms with van der Waals surface area (Å²) in [5.74, 6) is -0.413. The summed E-state index contributed by atoms with van der Waals surface area (Å²) in [6, 6.07) is 0. The van der Waals surface area contributed by atoms with E-state index in [1.807, 2.05) is 0 Å². The van der Waals surface area contributed by atoms with Crippen LogP contribution in [0.25, 0.3) is 0 Å². The van der Waals surface area contributed by atoms with Crippen LogP contribution in [0.1, 0.15) is 131 Å². The maximum absolute atomic E-state index is 4.68. The van der Waals surface area contributed by atoms with Crippen molar-refractivity contribution in [3.8, 4) is 0 Å². The largest absolute Gasteiger partial charge is 0.263 e. The average Bonchev–Trinajstić information content (AvgIpc) is 2.26. The van der Waals surface area contributed by atoms with E-state index in [1.54, 1.807) is 0 Å². The number of hydrogen-bond acceptors (Lipinski definition) is 3. The van der Waals surface area contributed by atoms with E-state index < -0.39 is 5.79 Å². The fourth-order valence-electron chi connectivity index (χ4n) is 6.88. The standard InChI is InChI=1S/C27H58N3/c1-20-27(28(21(2,3)4)22(5,6)7,29(23(8,9)10)24(11,12)13)30(25(14,15)16)26(17,18)19/h1,20H2,2-19H3. The summed E-state index contributed by atoms with van der Waals surface area (Å²) in [4.78, 5) is 8.23. The van der Waals surface area contributed by atoms with Crippen molar-refractivity contribution < 1.29 is 0 Å². The van der Waals surface area contributed by atoms with Crippen LogP contribution in [0.15, 0.2) is 0 Å². The smallest absolute Gasteiger partial charge is 0.133 e. The van der Waals surface area contributed by atoms with Crippen LogP contribution in [0.3, 0.4) is 0 Å². The Balaban J connectivity index is 7.95. The summed E-state index contributed by atoms with van der Waals surface area (Å²) in [5.41, 5.74) is -0.420. The molecule has 181 valence electrons. The van der Waals surface area contributed by atoms with Crippen LogP contribution < -0.4 is 0 Å². The molecule has 0 saturated carbocycles. The number of rotatable bonds is 4. The summed E-state index contributed by atoms with van der Waals surface area (Å²) < 4.78 is 0. The molecule has 0 aliphatic heterocycles. The van der Waals surface area contributed by atoms with Crippen molar-refractivity contribution in [1.82, 2.24) is 14.7 Å². The van der Waals surface area contributed by atoms with Crippen molar-refractivity contribution in [3.63, 3.8) is 0 Å². The lowest BCUT2D eigenvalue weighted by molar-refractivity contribution is -0.306. The average molecular weight is 425 g/mol. The van der Waals surface area contributed by atoms with Gasteiger partial charge in [-0.2, -0.15) is 0 Å². The molecule has 0 bridgehead atoms. The molecule has 0 aromatic heterocycles. The van der Waals surface area contributed by atoms with E-state index in [4.69, 9.17) is 0 Å². The van der Waals surface area contributed by atoms with Crippen molar-refractivity contribution in [2.45, 2.75) is 170 Å². The topological polar surface area (TPSA) is 9.72 Å². The highest BCUT2D eigenvalue weighted by atomic mass is 15.6. The molecule has 3 nitrogen and oxygen atoms in total. The van der Waals surface area contributed by atoms with Crippen LogP contribution in [0.4, 0.5) is 0 Å². The predicted octanol–water partition coefficient (Wildman–Crippen LogP) is 7.56. The van der Waals surface area contributed by atoms with E-state index >= 15 is 0 Å². The molecule has 0 N–H and O–H groups in total. The van der Waals surface area contributed by atoms with Gasteiger partial charge in [0, 0.05) is 33.2 Å². The molecule has 0 aliphatic rings. The van der Waals surface area contributed by atoms with Gasteiger partial charge in [0.15, 0.2) is 0 Å². The maximum atomic E-state index is 4.68. The molecule has 3 heteroatoms. The molecule has 0 aromatic rings. The molecule has 0 amide bonds. The molecule has 0 spiro atoms. The fourth-order valence-corrected chi connectivity index (χ4v) is 6.88. The Morgan fingerprint density at radius 1 is 0.367 bits per heavy atom. The zero-order valence-electron chi connectivity index (χ0n) is 24.3. The number of hydrogen-bond donors (Lipinski definition) is 0. The van der Waals surface area contributed by atoms with Crippen LogP contribution in [0.2, 0.25) is 0 Å². The molecular formula is C27H58N3. The predicted molar refractivity (Wildman–Crippen MR) is 137 cm³/mol. The van der Waals surface area contributed by atoms with Crippen molar-refractivity contribution >= 4 is 0 Å². The Bertz CT molecular complexity index is 427. The van der Waals surface area contributed by atoms with Gasteiger partial charge in [-0.3, -0.25) is 14.7 Å². The maximum Gasteiger partial charge on any atom is 0.133 e. The first-order valence-electron chi connectivity index (χ1n) is 11.9. The monoisotopic (exact) mass is 424 g/mol. The van der Waals surface area contributed by atoms with E-state index in [2.05, 4.69) is 146 Å². The summed E-state index contributed by atoms with van der Waals surface area (Å²) in [6.45, 7) is 47.1. The highest BCUT2D eigenvalue weighted by molar-refractivity contribution is 5.11. The Hall–Kier alpha value is -0.120. The molecule has 0 aliphatic carbocycles. The minimum Gasteiger partial charge on any atom is -0.263 e. The second-order valence-corrected chi connectivity index (χ2v) is 15.1. The van der Waals surface area contributed by atoms with E-state index in [1.165, 1.54) is 0 Å². The van der Waals surface area contributed by atoms with Gasteiger partial charge in [0.2, 0.25) is 0 Å². The second kappa shape index (κ2) is 8.34. The summed E-state index contributed by atoms with van der Waals surface area (Å²) in [6.07, 6.45) is 0.755. The van der Waals surface area contributed by atoms with Crippen molar-refractivity contribution in [2.75, 3.05) is 0 Å². The molecule has 30 heavy (non-hydrogen) atoms. The summed E-state index contributed by atoms with van der Waals surface area (Å²) in [5, 5.41) is 0. The van der Waals surface area contributed by atoms with Gasteiger partial charge in [0.1, 0.15) is 5.79 Å². The molecular weight excluding hydrogens is 366 g/mol.